The van der Waals surface area contributed by atoms with Crippen LogP contribution in [0.5, 0.6) is 0 Å². The lowest BCUT2D eigenvalue weighted by atomic mass is 9.97. The topological polar surface area (TPSA) is 79.4 Å². The standard InChI is InChI=1S/C16H25N3O3S/c1-3-4-9-18-16(20)13-7-6-11-19(12-13)15-14(23(2,21)22)8-5-10-17-15/h5,8,10,13H,3-4,6-7,9,11-12H2,1-2H3,(H,18,20). The van der Waals surface area contributed by atoms with E-state index in [1.54, 1.807) is 18.3 Å². The molecule has 2 rings (SSSR count). The molecule has 0 radical (unpaired) electrons. The molecule has 0 bridgehead atoms. The average Bonchev–Trinajstić information content (AvgIpc) is 2.54. The van der Waals surface area contributed by atoms with Crippen LogP contribution in [0.1, 0.15) is 32.6 Å². The van der Waals surface area contributed by atoms with E-state index in [1.807, 2.05) is 4.90 Å². The highest BCUT2D eigenvalue weighted by Crippen LogP contribution is 2.27. The quantitative estimate of drug-likeness (QED) is 0.797. The van der Waals surface area contributed by atoms with Crippen LogP contribution in [0.4, 0.5) is 5.82 Å². The van der Waals surface area contributed by atoms with E-state index in [1.165, 1.54) is 6.26 Å². The van der Waals surface area contributed by atoms with Crippen molar-refractivity contribution in [1.29, 1.82) is 0 Å². The van der Waals surface area contributed by atoms with Crippen molar-refractivity contribution in [2.24, 2.45) is 5.92 Å². The van der Waals surface area contributed by atoms with E-state index in [-0.39, 0.29) is 16.7 Å². The fraction of sp³-hybridized carbons (Fsp3) is 0.625. The van der Waals surface area contributed by atoms with Gasteiger partial charge in [0.15, 0.2) is 9.84 Å². The predicted octanol–water partition coefficient (Wildman–Crippen LogP) is 1.62. The molecule has 1 N–H and O–H groups in total. The van der Waals surface area contributed by atoms with Crippen LogP contribution in [0, 0.1) is 5.92 Å². The van der Waals surface area contributed by atoms with Gasteiger partial charge in [0.25, 0.3) is 0 Å². The van der Waals surface area contributed by atoms with Crippen LogP contribution in [0.15, 0.2) is 23.2 Å². The van der Waals surface area contributed by atoms with Gasteiger partial charge in [0.2, 0.25) is 5.91 Å². The molecule has 0 aliphatic carbocycles. The largest absolute Gasteiger partial charge is 0.356 e. The maximum Gasteiger partial charge on any atom is 0.224 e. The van der Waals surface area contributed by atoms with Crippen molar-refractivity contribution in [2.75, 3.05) is 30.8 Å². The lowest BCUT2D eigenvalue weighted by molar-refractivity contribution is -0.125. The van der Waals surface area contributed by atoms with E-state index in [9.17, 15) is 13.2 Å². The number of hydrogen-bond donors (Lipinski definition) is 1. The first kappa shape index (κ1) is 17.7. The van der Waals surface area contributed by atoms with E-state index < -0.39 is 9.84 Å². The molecule has 1 saturated heterocycles. The first-order chi connectivity index (χ1) is 10.9. The Morgan fingerprint density at radius 3 is 2.96 bits per heavy atom. The lowest BCUT2D eigenvalue weighted by Crippen LogP contribution is -2.44. The fourth-order valence-electron chi connectivity index (χ4n) is 2.83. The third-order valence-electron chi connectivity index (χ3n) is 4.07. The number of pyridine rings is 1. The van der Waals surface area contributed by atoms with Crippen molar-refractivity contribution in [3.8, 4) is 0 Å². The normalized spacial score (nSPS) is 18.7. The summed E-state index contributed by atoms with van der Waals surface area (Å²) >= 11 is 0. The van der Waals surface area contributed by atoms with Crippen molar-refractivity contribution in [2.45, 2.75) is 37.5 Å². The minimum atomic E-state index is -3.34. The molecule has 1 fully saturated rings. The zero-order valence-corrected chi connectivity index (χ0v) is 14.6. The number of carbonyl (C=O) groups excluding carboxylic acids is 1. The van der Waals surface area contributed by atoms with Crippen LogP contribution in [-0.4, -0.2) is 45.2 Å². The Bertz CT molecular complexity index is 646. The second kappa shape index (κ2) is 7.77. The minimum absolute atomic E-state index is 0.0555. The number of nitrogens with zero attached hydrogens (tertiary/aromatic N) is 2. The van der Waals surface area contributed by atoms with Gasteiger partial charge in [-0.1, -0.05) is 13.3 Å². The minimum Gasteiger partial charge on any atom is -0.356 e. The molecule has 6 nitrogen and oxygen atoms in total. The Labute approximate surface area is 138 Å². The Balaban J connectivity index is 2.12. The van der Waals surface area contributed by atoms with Crippen LogP contribution in [-0.2, 0) is 14.6 Å². The van der Waals surface area contributed by atoms with Crippen molar-refractivity contribution < 1.29 is 13.2 Å². The summed E-state index contributed by atoms with van der Waals surface area (Å²) in [6.45, 7) is 4.02. The zero-order chi connectivity index (χ0) is 16.9. The molecule has 0 spiro atoms. The summed E-state index contributed by atoms with van der Waals surface area (Å²) in [6, 6.07) is 3.20. The summed E-state index contributed by atoms with van der Waals surface area (Å²) in [7, 11) is -3.34. The number of anilines is 1. The molecule has 128 valence electrons. The van der Waals surface area contributed by atoms with Gasteiger partial charge in [0.1, 0.15) is 10.7 Å². The molecular formula is C16H25N3O3S. The van der Waals surface area contributed by atoms with E-state index in [0.717, 1.165) is 32.2 Å². The summed E-state index contributed by atoms with van der Waals surface area (Å²) in [5, 5.41) is 2.97. The number of amides is 1. The highest BCUT2D eigenvalue weighted by molar-refractivity contribution is 7.90. The van der Waals surface area contributed by atoms with E-state index >= 15 is 0 Å². The van der Waals surface area contributed by atoms with Crippen LogP contribution in [0.3, 0.4) is 0 Å². The van der Waals surface area contributed by atoms with E-state index in [2.05, 4.69) is 17.2 Å². The number of carbonyl (C=O) groups is 1. The molecule has 2 heterocycles. The molecule has 1 aromatic heterocycles. The second-order valence-corrected chi connectivity index (χ2v) is 8.01. The summed E-state index contributed by atoms with van der Waals surface area (Å²) in [5.74, 6) is 0.399. The van der Waals surface area contributed by atoms with Gasteiger partial charge in [-0.3, -0.25) is 4.79 Å². The van der Waals surface area contributed by atoms with Gasteiger partial charge in [0, 0.05) is 32.1 Å². The van der Waals surface area contributed by atoms with E-state index in [4.69, 9.17) is 0 Å². The molecular weight excluding hydrogens is 314 g/mol. The first-order valence-electron chi connectivity index (χ1n) is 8.11. The molecule has 0 saturated carbocycles. The number of aromatic nitrogens is 1. The number of hydrogen-bond acceptors (Lipinski definition) is 5. The number of rotatable bonds is 6. The van der Waals surface area contributed by atoms with Gasteiger partial charge in [-0.05, 0) is 31.4 Å². The molecule has 1 aromatic rings. The Morgan fingerprint density at radius 1 is 1.48 bits per heavy atom. The van der Waals surface area contributed by atoms with Crippen molar-refractivity contribution in [3.63, 3.8) is 0 Å². The number of sulfone groups is 1. The third-order valence-corrected chi connectivity index (χ3v) is 5.19. The van der Waals surface area contributed by atoms with Crippen LogP contribution in [0.25, 0.3) is 0 Å². The van der Waals surface area contributed by atoms with Gasteiger partial charge >= 0.3 is 0 Å². The summed E-state index contributed by atoms with van der Waals surface area (Å²) in [6.07, 6.45) is 6.48. The zero-order valence-electron chi connectivity index (χ0n) is 13.8. The maximum absolute atomic E-state index is 12.3. The molecule has 1 unspecified atom stereocenters. The molecule has 1 aliphatic rings. The third kappa shape index (κ3) is 4.67. The monoisotopic (exact) mass is 339 g/mol. The molecule has 1 amide bonds. The number of nitrogens with one attached hydrogen (secondary N) is 1. The molecule has 1 atom stereocenters. The van der Waals surface area contributed by atoms with Gasteiger partial charge in [-0.15, -0.1) is 0 Å². The Kier molecular flexibility index (Phi) is 5.98. The summed E-state index contributed by atoms with van der Waals surface area (Å²) < 4.78 is 23.9. The fourth-order valence-corrected chi connectivity index (χ4v) is 3.66. The smallest absolute Gasteiger partial charge is 0.224 e. The highest BCUT2D eigenvalue weighted by atomic mass is 32.2. The highest BCUT2D eigenvalue weighted by Gasteiger charge is 2.28. The van der Waals surface area contributed by atoms with Gasteiger partial charge in [-0.25, -0.2) is 13.4 Å². The van der Waals surface area contributed by atoms with Gasteiger partial charge in [-0.2, -0.15) is 0 Å². The second-order valence-electron chi connectivity index (χ2n) is 6.03. The summed E-state index contributed by atoms with van der Waals surface area (Å²) in [4.78, 5) is 18.7. The molecule has 0 aromatic carbocycles. The molecule has 23 heavy (non-hydrogen) atoms. The molecule has 7 heteroatoms. The molecule has 1 aliphatic heterocycles. The SMILES string of the molecule is CCCCNC(=O)C1CCCN(c2ncccc2S(C)(=O)=O)C1. The van der Waals surface area contributed by atoms with Crippen LogP contribution < -0.4 is 10.2 Å². The Hall–Kier alpha value is -1.63. The van der Waals surface area contributed by atoms with Crippen LogP contribution >= 0.6 is 0 Å². The van der Waals surface area contributed by atoms with Crippen molar-refractivity contribution >= 4 is 21.6 Å². The average molecular weight is 339 g/mol. The summed E-state index contributed by atoms with van der Waals surface area (Å²) in [5.41, 5.74) is 0. The predicted molar refractivity (Wildman–Crippen MR) is 90.2 cm³/mol. The van der Waals surface area contributed by atoms with Gasteiger partial charge in [0.05, 0.1) is 5.92 Å². The van der Waals surface area contributed by atoms with E-state index in [0.29, 0.717) is 18.9 Å². The number of unbranched alkanes of at least 4 members (excludes halogenated alkanes) is 1. The van der Waals surface area contributed by atoms with Crippen molar-refractivity contribution in [3.05, 3.63) is 18.3 Å². The maximum atomic E-state index is 12.3. The lowest BCUT2D eigenvalue weighted by Gasteiger charge is -2.33. The Morgan fingerprint density at radius 2 is 2.26 bits per heavy atom. The van der Waals surface area contributed by atoms with Crippen LogP contribution in [0.2, 0.25) is 0 Å². The first-order valence-corrected chi connectivity index (χ1v) is 10.0. The number of piperidine rings is 1. The van der Waals surface area contributed by atoms with Gasteiger partial charge < -0.3 is 10.2 Å². The van der Waals surface area contributed by atoms with Crippen molar-refractivity contribution in [1.82, 2.24) is 10.3 Å².